The van der Waals surface area contributed by atoms with Gasteiger partial charge in [0, 0.05) is 26.0 Å². The van der Waals surface area contributed by atoms with Crippen molar-refractivity contribution in [2.45, 2.75) is 5.92 Å². The zero-order chi connectivity index (χ0) is 11.5. The number of aromatic hydroxyl groups is 1. The molecule has 0 aliphatic carbocycles. The van der Waals surface area contributed by atoms with Crippen molar-refractivity contribution in [2.24, 2.45) is 12.8 Å². The Morgan fingerprint density at radius 2 is 2.06 bits per heavy atom. The minimum absolute atomic E-state index is 0.0700. The first-order valence-electron chi connectivity index (χ1n) is 5.18. The number of phenolic OH excluding ortho intramolecular Hbond substituents is 1. The molecule has 16 heavy (non-hydrogen) atoms. The van der Waals surface area contributed by atoms with Crippen molar-refractivity contribution < 1.29 is 5.11 Å². The molecule has 0 aliphatic heterocycles. The summed E-state index contributed by atoms with van der Waals surface area (Å²) < 4.78 is 1.96. The summed E-state index contributed by atoms with van der Waals surface area (Å²) in [5.74, 6) is 1.27. The molecule has 0 bridgehead atoms. The SMILES string of the molecule is Cn1ccnc1C(CN)c1ccc(O)cc1. The molecule has 1 aromatic carbocycles. The molecule has 4 heteroatoms. The van der Waals surface area contributed by atoms with Crippen LogP contribution in [-0.4, -0.2) is 21.2 Å². The molecular formula is C12H15N3O. The van der Waals surface area contributed by atoms with Crippen LogP contribution >= 0.6 is 0 Å². The average Bonchev–Trinajstić information content (AvgIpc) is 2.69. The summed E-state index contributed by atoms with van der Waals surface area (Å²) in [5.41, 5.74) is 6.85. The van der Waals surface area contributed by atoms with E-state index in [4.69, 9.17) is 5.73 Å². The molecule has 3 N–H and O–H groups in total. The van der Waals surface area contributed by atoms with Crippen molar-refractivity contribution in [3.8, 4) is 5.75 Å². The van der Waals surface area contributed by atoms with Crippen molar-refractivity contribution in [2.75, 3.05) is 6.54 Å². The summed E-state index contributed by atoms with van der Waals surface area (Å²) in [6.45, 7) is 0.496. The largest absolute Gasteiger partial charge is 0.508 e. The normalized spacial score (nSPS) is 12.6. The van der Waals surface area contributed by atoms with E-state index in [1.165, 1.54) is 0 Å². The van der Waals surface area contributed by atoms with Crippen LogP contribution in [0.2, 0.25) is 0 Å². The lowest BCUT2D eigenvalue weighted by molar-refractivity contribution is 0.475. The van der Waals surface area contributed by atoms with Gasteiger partial charge in [0.25, 0.3) is 0 Å². The zero-order valence-corrected chi connectivity index (χ0v) is 9.17. The van der Waals surface area contributed by atoms with Gasteiger partial charge in [-0.25, -0.2) is 4.98 Å². The first-order chi connectivity index (χ1) is 7.72. The molecule has 0 fully saturated rings. The Morgan fingerprint density at radius 3 is 2.56 bits per heavy atom. The van der Waals surface area contributed by atoms with E-state index in [9.17, 15) is 5.11 Å². The minimum atomic E-state index is 0.0700. The highest BCUT2D eigenvalue weighted by atomic mass is 16.3. The van der Waals surface area contributed by atoms with Gasteiger partial charge in [-0.1, -0.05) is 12.1 Å². The Balaban J connectivity index is 2.37. The van der Waals surface area contributed by atoms with Crippen LogP contribution < -0.4 is 5.73 Å². The third-order valence-corrected chi connectivity index (χ3v) is 2.70. The number of aromatic nitrogens is 2. The fraction of sp³-hybridized carbons (Fsp3) is 0.250. The molecular weight excluding hydrogens is 202 g/mol. The summed E-state index contributed by atoms with van der Waals surface area (Å²) in [7, 11) is 1.95. The monoisotopic (exact) mass is 217 g/mol. The highest BCUT2D eigenvalue weighted by Crippen LogP contribution is 2.23. The Bertz CT molecular complexity index is 461. The second-order valence-electron chi connectivity index (χ2n) is 3.78. The molecule has 2 aromatic rings. The Hall–Kier alpha value is -1.81. The van der Waals surface area contributed by atoms with E-state index in [0.717, 1.165) is 11.4 Å². The summed E-state index contributed by atoms with van der Waals surface area (Å²) in [5, 5.41) is 9.24. The number of phenols is 1. The molecule has 84 valence electrons. The first-order valence-corrected chi connectivity index (χ1v) is 5.18. The van der Waals surface area contributed by atoms with E-state index in [1.54, 1.807) is 18.3 Å². The molecule has 2 rings (SSSR count). The Labute approximate surface area is 94.4 Å². The van der Waals surface area contributed by atoms with Crippen molar-refractivity contribution in [3.63, 3.8) is 0 Å². The fourth-order valence-corrected chi connectivity index (χ4v) is 1.81. The molecule has 4 nitrogen and oxygen atoms in total. The highest BCUT2D eigenvalue weighted by Gasteiger charge is 2.16. The van der Waals surface area contributed by atoms with Crippen LogP contribution in [-0.2, 0) is 7.05 Å². The van der Waals surface area contributed by atoms with Crippen LogP contribution in [0.5, 0.6) is 5.75 Å². The lowest BCUT2D eigenvalue weighted by Crippen LogP contribution is -2.17. The molecule has 1 unspecified atom stereocenters. The zero-order valence-electron chi connectivity index (χ0n) is 9.17. The maximum absolute atomic E-state index is 9.24. The maximum Gasteiger partial charge on any atom is 0.117 e. The molecule has 0 spiro atoms. The van der Waals surface area contributed by atoms with Crippen LogP contribution in [0.3, 0.4) is 0 Å². The highest BCUT2D eigenvalue weighted by molar-refractivity contribution is 5.32. The van der Waals surface area contributed by atoms with Crippen LogP contribution in [0.25, 0.3) is 0 Å². The quantitative estimate of drug-likeness (QED) is 0.812. The number of hydrogen-bond acceptors (Lipinski definition) is 3. The fourth-order valence-electron chi connectivity index (χ4n) is 1.81. The van der Waals surface area contributed by atoms with E-state index < -0.39 is 0 Å². The van der Waals surface area contributed by atoms with Crippen molar-refractivity contribution in [1.82, 2.24) is 9.55 Å². The van der Waals surface area contributed by atoms with Crippen molar-refractivity contribution >= 4 is 0 Å². The third-order valence-electron chi connectivity index (χ3n) is 2.70. The second kappa shape index (κ2) is 4.37. The van der Waals surface area contributed by atoms with E-state index in [0.29, 0.717) is 6.54 Å². The minimum Gasteiger partial charge on any atom is -0.508 e. The number of benzene rings is 1. The van der Waals surface area contributed by atoms with E-state index >= 15 is 0 Å². The average molecular weight is 217 g/mol. The molecule has 1 heterocycles. The van der Waals surface area contributed by atoms with Gasteiger partial charge >= 0.3 is 0 Å². The smallest absolute Gasteiger partial charge is 0.117 e. The van der Waals surface area contributed by atoms with Gasteiger partial charge in [0.2, 0.25) is 0 Å². The van der Waals surface area contributed by atoms with Crippen molar-refractivity contribution in [1.29, 1.82) is 0 Å². The number of nitrogens with two attached hydrogens (primary N) is 1. The van der Waals surface area contributed by atoms with Gasteiger partial charge in [-0.15, -0.1) is 0 Å². The summed E-state index contributed by atoms with van der Waals surface area (Å²) >= 11 is 0. The first kappa shape index (κ1) is 10.7. The Kier molecular flexibility index (Phi) is 2.92. The molecule has 0 aliphatic rings. The second-order valence-corrected chi connectivity index (χ2v) is 3.78. The van der Waals surface area contributed by atoms with E-state index in [-0.39, 0.29) is 11.7 Å². The lowest BCUT2D eigenvalue weighted by atomic mass is 9.98. The van der Waals surface area contributed by atoms with Gasteiger partial charge in [-0.05, 0) is 17.7 Å². The van der Waals surface area contributed by atoms with Crippen LogP contribution in [0.1, 0.15) is 17.3 Å². The standard InChI is InChI=1S/C12H15N3O/c1-15-7-6-14-12(15)11(8-13)9-2-4-10(16)5-3-9/h2-7,11,16H,8,13H2,1H3. The number of rotatable bonds is 3. The molecule has 0 radical (unpaired) electrons. The van der Waals surface area contributed by atoms with E-state index in [2.05, 4.69) is 4.98 Å². The van der Waals surface area contributed by atoms with Crippen LogP contribution in [0.4, 0.5) is 0 Å². The Morgan fingerprint density at radius 1 is 1.38 bits per heavy atom. The lowest BCUT2D eigenvalue weighted by Gasteiger charge is -2.15. The number of hydrogen-bond donors (Lipinski definition) is 2. The summed E-state index contributed by atoms with van der Waals surface area (Å²) in [6.07, 6.45) is 3.66. The van der Waals surface area contributed by atoms with Gasteiger partial charge in [0.05, 0.1) is 5.92 Å². The maximum atomic E-state index is 9.24. The van der Waals surface area contributed by atoms with Crippen LogP contribution in [0.15, 0.2) is 36.7 Å². The predicted molar refractivity (Wildman–Crippen MR) is 62.2 cm³/mol. The van der Waals surface area contributed by atoms with Gasteiger partial charge in [0.15, 0.2) is 0 Å². The summed E-state index contributed by atoms with van der Waals surface area (Å²) in [6, 6.07) is 7.09. The molecule has 1 atom stereocenters. The molecule has 0 saturated heterocycles. The van der Waals surface area contributed by atoms with Gasteiger partial charge in [0.1, 0.15) is 11.6 Å². The van der Waals surface area contributed by atoms with Crippen LogP contribution in [0, 0.1) is 0 Å². The topological polar surface area (TPSA) is 64.1 Å². The number of nitrogens with zero attached hydrogens (tertiary/aromatic N) is 2. The summed E-state index contributed by atoms with van der Waals surface area (Å²) in [4.78, 5) is 4.31. The van der Waals surface area contributed by atoms with Gasteiger partial charge in [-0.2, -0.15) is 0 Å². The van der Waals surface area contributed by atoms with E-state index in [1.807, 2.05) is 29.9 Å². The molecule has 1 aromatic heterocycles. The predicted octanol–water partition coefficient (Wildman–Crippen LogP) is 1.22. The van der Waals surface area contributed by atoms with Gasteiger partial charge in [-0.3, -0.25) is 0 Å². The number of aryl methyl sites for hydroxylation is 1. The number of imidazole rings is 1. The van der Waals surface area contributed by atoms with Gasteiger partial charge < -0.3 is 15.4 Å². The van der Waals surface area contributed by atoms with Crippen molar-refractivity contribution in [3.05, 3.63) is 48.0 Å². The third kappa shape index (κ3) is 1.92. The molecule has 0 amide bonds. The molecule has 0 saturated carbocycles.